The third-order valence-electron chi connectivity index (χ3n) is 2.27. The number of benzene rings is 1. The Bertz CT molecular complexity index is 494. The zero-order valence-electron chi connectivity index (χ0n) is 10.0. The Balaban J connectivity index is 2.60. The van der Waals surface area contributed by atoms with E-state index in [0.717, 1.165) is 19.5 Å². The Kier molecular flexibility index (Phi) is 6.59. The molecule has 0 radical (unpaired) electrons. The van der Waals surface area contributed by atoms with Crippen molar-refractivity contribution < 1.29 is 8.42 Å². The number of halogens is 2. The predicted molar refractivity (Wildman–Crippen MR) is 77.5 cm³/mol. The zero-order valence-corrected chi connectivity index (χ0v) is 13.2. The molecule has 0 amide bonds. The summed E-state index contributed by atoms with van der Waals surface area (Å²) in [6, 6.07) is 4.54. The van der Waals surface area contributed by atoms with Crippen molar-refractivity contribution in [2.45, 2.75) is 18.2 Å². The molecule has 2 N–H and O–H groups in total. The van der Waals surface area contributed by atoms with Crippen LogP contribution in [0, 0.1) is 0 Å². The Morgan fingerprint density at radius 2 is 2.06 bits per heavy atom. The fourth-order valence-electron chi connectivity index (χ4n) is 1.32. The highest BCUT2D eigenvalue weighted by Crippen LogP contribution is 2.25. The van der Waals surface area contributed by atoms with Crippen molar-refractivity contribution in [3.63, 3.8) is 0 Å². The molecule has 4 nitrogen and oxygen atoms in total. The SMILES string of the molecule is CCNCCCNS(=O)(=O)c1ccc(Cl)c(Br)c1. The van der Waals surface area contributed by atoms with E-state index in [0.29, 0.717) is 16.0 Å². The third-order valence-corrected chi connectivity index (χ3v) is 4.95. The van der Waals surface area contributed by atoms with E-state index in [1.54, 1.807) is 6.07 Å². The van der Waals surface area contributed by atoms with Crippen LogP contribution in [0.3, 0.4) is 0 Å². The van der Waals surface area contributed by atoms with Crippen LogP contribution in [0.2, 0.25) is 5.02 Å². The number of nitrogens with one attached hydrogen (secondary N) is 2. The van der Waals surface area contributed by atoms with Crippen molar-refractivity contribution in [2.75, 3.05) is 19.6 Å². The molecule has 0 fully saturated rings. The van der Waals surface area contributed by atoms with Crippen molar-refractivity contribution in [2.24, 2.45) is 0 Å². The minimum atomic E-state index is -3.45. The Hall–Kier alpha value is -0.140. The molecule has 102 valence electrons. The van der Waals surface area contributed by atoms with E-state index in [1.165, 1.54) is 12.1 Å². The lowest BCUT2D eigenvalue weighted by molar-refractivity contribution is 0.575. The summed E-state index contributed by atoms with van der Waals surface area (Å²) in [7, 11) is -3.45. The molecule has 7 heteroatoms. The van der Waals surface area contributed by atoms with Gasteiger partial charge in [-0.2, -0.15) is 0 Å². The number of hydrogen-bond donors (Lipinski definition) is 2. The van der Waals surface area contributed by atoms with Crippen molar-refractivity contribution in [3.8, 4) is 0 Å². The fourth-order valence-corrected chi connectivity index (χ4v) is 3.07. The molecular formula is C11H16BrClN2O2S. The third kappa shape index (κ3) is 4.85. The number of sulfonamides is 1. The Morgan fingerprint density at radius 3 is 2.67 bits per heavy atom. The van der Waals surface area contributed by atoms with Crippen LogP contribution in [0.4, 0.5) is 0 Å². The van der Waals surface area contributed by atoms with Crippen LogP contribution in [-0.2, 0) is 10.0 Å². The molecule has 0 aliphatic rings. The monoisotopic (exact) mass is 354 g/mol. The molecule has 0 heterocycles. The van der Waals surface area contributed by atoms with E-state index in [1.807, 2.05) is 6.92 Å². The highest BCUT2D eigenvalue weighted by Gasteiger charge is 2.14. The summed E-state index contributed by atoms with van der Waals surface area (Å²) in [5.41, 5.74) is 0. The van der Waals surface area contributed by atoms with E-state index in [9.17, 15) is 8.42 Å². The van der Waals surface area contributed by atoms with Crippen LogP contribution in [0.5, 0.6) is 0 Å². The average molecular weight is 356 g/mol. The van der Waals surface area contributed by atoms with Crippen molar-refractivity contribution >= 4 is 37.6 Å². The molecule has 0 saturated carbocycles. The van der Waals surface area contributed by atoms with E-state index < -0.39 is 10.0 Å². The molecule has 0 spiro atoms. The predicted octanol–water partition coefficient (Wildman–Crippen LogP) is 2.38. The van der Waals surface area contributed by atoms with Gasteiger partial charge in [0.1, 0.15) is 0 Å². The van der Waals surface area contributed by atoms with Gasteiger partial charge in [0.15, 0.2) is 0 Å². The van der Waals surface area contributed by atoms with Crippen molar-refractivity contribution in [1.29, 1.82) is 0 Å². The summed E-state index contributed by atoms with van der Waals surface area (Å²) in [5, 5.41) is 3.62. The molecule has 0 aliphatic heterocycles. The molecule has 18 heavy (non-hydrogen) atoms. The first-order chi connectivity index (χ1) is 8.47. The first-order valence-corrected chi connectivity index (χ1v) is 8.28. The highest BCUT2D eigenvalue weighted by atomic mass is 79.9. The molecule has 1 aromatic rings. The minimum absolute atomic E-state index is 0.210. The summed E-state index contributed by atoms with van der Waals surface area (Å²) < 4.78 is 27.0. The van der Waals surface area contributed by atoms with Gasteiger partial charge >= 0.3 is 0 Å². The van der Waals surface area contributed by atoms with Gasteiger partial charge in [0.25, 0.3) is 0 Å². The van der Waals surface area contributed by atoms with Gasteiger partial charge in [0.2, 0.25) is 10.0 Å². The van der Waals surface area contributed by atoms with Gasteiger partial charge in [-0.15, -0.1) is 0 Å². The van der Waals surface area contributed by atoms with E-state index in [2.05, 4.69) is 26.0 Å². The fraction of sp³-hybridized carbons (Fsp3) is 0.455. The second-order valence-electron chi connectivity index (χ2n) is 3.68. The molecular weight excluding hydrogens is 340 g/mol. The molecule has 0 atom stereocenters. The van der Waals surface area contributed by atoms with Crippen molar-refractivity contribution in [3.05, 3.63) is 27.7 Å². The van der Waals surface area contributed by atoms with Gasteiger partial charge in [-0.1, -0.05) is 18.5 Å². The van der Waals surface area contributed by atoms with Gasteiger partial charge in [0, 0.05) is 11.0 Å². The van der Waals surface area contributed by atoms with Crippen LogP contribution in [-0.4, -0.2) is 28.1 Å². The smallest absolute Gasteiger partial charge is 0.240 e. The normalized spacial score (nSPS) is 11.7. The second kappa shape index (κ2) is 7.45. The maximum absolute atomic E-state index is 11.9. The zero-order chi connectivity index (χ0) is 13.6. The first kappa shape index (κ1) is 15.9. The standard InChI is InChI=1S/C11H16BrClN2O2S/c1-2-14-6-3-7-15-18(16,17)9-4-5-11(13)10(12)8-9/h4-5,8,14-15H,2-3,6-7H2,1H3. The summed E-state index contributed by atoms with van der Waals surface area (Å²) in [4.78, 5) is 0.210. The lowest BCUT2D eigenvalue weighted by atomic mass is 10.4. The largest absolute Gasteiger partial charge is 0.317 e. The lowest BCUT2D eigenvalue weighted by Crippen LogP contribution is -2.27. The Morgan fingerprint density at radius 1 is 1.33 bits per heavy atom. The van der Waals surface area contributed by atoms with Crippen LogP contribution < -0.4 is 10.0 Å². The maximum atomic E-state index is 11.9. The quantitative estimate of drug-likeness (QED) is 0.738. The van der Waals surface area contributed by atoms with Crippen LogP contribution >= 0.6 is 27.5 Å². The number of hydrogen-bond acceptors (Lipinski definition) is 3. The Labute approximate surface area is 121 Å². The molecule has 0 bridgehead atoms. The van der Waals surface area contributed by atoms with Gasteiger partial charge in [-0.3, -0.25) is 0 Å². The van der Waals surface area contributed by atoms with Crippen LogP contribution in [0.15, 0.2) is 27.6 Å². The molecule has 0 aliphatic carbocycles. The highest BCUT2D eigenvalue weighted by molar-refractivity contribution is 9.10. The molecule has 0 saturated heterocycles. The number of rotatable bonds is 7. The second-order valence-corrected chi connectivity index (χ2v) is 6.71. The van der Waals surface area contributed by atoms with Gasteiger partial charge in [0.05, 0.1) is 9.92 Å². The lowest BCUT2D eigenvalue weighted by Gasteiger charge is -2.07. The average Bonchev–Trinajstić information content (AvgIpc) is 2.32. The molecule has 0 aromatic heterocycles. The van der Waals surface area contributed by atoms with E-state index >= 15 is 0 Å². The summed E-state index contributed by atoms with van der Waals surface area (Å²) in [5.74, 6) is 0. The first-order valence-electron chi connectivity index (χ1n) is 5.63. The van der Waals surface area contributed by atoms with Crippen molar-refractivity contribution in [1.82, 2.24) is 10.0 Å². The van der Waals surface area contributed by atoms with Gasteiger partial charge in [-0.25, -0.2) is 13.1 Å². The van der Waals surface area contributed by atoms with Crippen LogP contribution in [0.25, 0.3) is 0 Å². The van der Waals surface area contributed by atoms with E-state index in [4.69, 9.17) is 11.6 Å². The molecule has 1 aromatic carbocycles. The summed E-state index contributed by atoms with van der Waals surface area (Å²) >= 11 is 9.03. The van der Waals surface area contributed by atoms with E-state index in [-0.39, 0.29) is 4.90 Å². The van der Waals surface area contributed by atoms with Crippen LogP contribution in [0.1, 0.15) is 13.3 Å². The molecule has 0 unspecified atom stereocenters. The minimum Gasteiger partial charge on any atom is -0.317 e. The van der Waals surface area contributed by atoms with Gasteiger partial charge in [-0.05, 0) is 53.6 Å². The van der Waals surface area contributed by atoms with Gasteiger partial charge < -0.3 is 5.32 Å². The topological polar surface area (TPSA) is 58.2 Å². The maximum Gasteiger partial charge on any atom is 0.240 e. The summed E-state index contributed by atoms with van der Waals surface area (Å²) in [6.45, 7) is 4.10. The summed E-state index contributed by atoms with van der Waals surface area (Å²) in [6.07, 6.45) is 0.752. The molecule has 1 rings (SSSR count).